The fraction of sp³-hybridized carbons (Fsp3) is 0.538. The van der Waals surface area contributed by atoms with Crippen LogP contribution in [0.5, 0.6) is 5.75 Å². The molecular weight excluding hydrogens is 689 g/mol. The van der Waals surface area contributed by atoms with Gasteiger partial charge in [-0.3, -0.25) is 0 Å². The van der Waals surface area contributed by atoms with Gasteiger partial charge in [0.05, 0.1) is 17.0 Å². The normalized spacial score (nSPS) is 17.0. The standard InChI is InChI=1S/C20H32NP.C6H4FO3S.Au.ClH/c1-21(2)19-15-9-10-16-20(19)22(17-11-5-3-6-12-17)18-13-7-4-8-14-18;7-11(8,9)10-6-4-2-1-3-5-6;;/h9-10,15-18H,3-8,11-14H2,1-2H3;1-2,4-5H;;1H/q;-1;+1;. The molecule has 200 valence electrons. The molecule has 9 heteroatoms. The fourth-order valence-electron chi connectivity index (χ4n) is 5.25. The number of anilines is 1. The zero-order valence-electron chi connectivity index (χ0n) is 20.5. The molecule has 0 heterocycles. The van der Waals surface area contributed by atoms with Crippen LogP contribution in [0.1, 0.15) is 64.2 Å². The summed E-state index contributed by atoms with van der Waals surface area (Å²) in [6.07, 6.45) is 14.9. The second-order valence-corrected chi connectivity index (χ2v) is 13.3. The summed E-state index contributed by atoms with van der Waals surface area (Å²) in [7, 11) is 3.69. The molecule has 0 aromatic heterocycles. The average Bonchev–Trinajstić information content (AvgIpc) is 2.87. The van der Waals surface area contributed by atoms with Gasteiger partial charge in [-0.25, -0.2) is 0 Å². The molecule has 0 N–H and O–H groups in total. The number of benzene rings is 2. The van der Waals surface area contributed by atoms with E-state index in [0.717, 1.165) is 11.3 Å². The van der Waals surface area contributed by atoms with Gasteiger partial charge in [-0.05, 0) is 63.5 Å². The van der Waals surface area contributed by atoms with Gasteiger partial charge in [0, 0.05) is 27.8 Å². The third-order valence-corrected chi connectivity index (χ3v) is 11.0. The number of nitrogens with zero attached hydrogens (tertiary/aromatic N) is 1. The van der Waals surface area contributed by atoms with Gasteiger partial charge in [0.15, 0.2) is 0 Å². The predicted molar refractivity (Wildman–Crippen MR) is 144 cm³/mol. The van der Waals surface area contributed by atoms with Gasteiger partial charge in [0.1, 0.15) is 5.30 Å². The molecule has 2 aromatic carbocycles. The summed E-state index contributed by atoms with van der Waals surface area (Å²) in [5.74, 6) is -0.0880. The maximum atomic E-state index is 11.8. The number of hydrogen-bond donors (Lipinski definition) is 0. The van der Waals surface area contributed by atoms with Crippen molar-refractivity contribution in [1.29, 1.82) is 0 Å². The molecule has 0 aliphatic heterocycles. The van der Waals surface area contributed by atoms with Crippen LogP contribution in [0.2, 0.25) is 0 Å². The molecule has 4 nitrogen and oxygen atoms in total. The zero-order valence-corrected chi connectivity index (χ0v) is 25.2. The van der Waals surface area contributed by atoms with Crippen molar-refractivity contribution in [2.24, 2.45) is 0 Å². The van der Waals surface area contributed by atoms with Crippen LogP contribution in [-0.4, -0.2) is 33.8 Å². The molecule has 2 aliphatic carbocycles. The summed E-state index contributed by atoms with van der Waals surface area (Å²) < 4.78 is 35.5. The summed E-state index contributed by atoms with van der Waals surface area (Å²) in [4.78, 5) is 2.35. The SMILES string of the molecule is CN(C)c1ccccc1[PH+](C1CCCCC1)C1CCCCC1.O=S(=O)(F)Oc1c[c-]ccc1.[Cl][Au]. The molecule has 0 spiro atoms. The Balaban J connectivity index is 0.000000280. The second-order valence-electron chi connectivity index (χ2n) is 9.25. The van der Waals surface area contributed by atoms with Crippen LogP contribution in [0.15, 0.2) is 48.5 Å². The molecule has 4 rings (SSSR count). The second kappa shape index (κ2) is 16.3. The van der Waals surface area contributed by atoms with E-state index in [9.17, 15) is 12.3 Å². The minimum absolute atomic E-state index is 0.0880. The molecule has 2 aromatic rings. The van der Waals surface area contributed by atoms with Gasteiger partial charge in [0.2, 0.25) is 0 Å². The van der Waals surface area contributed by atoms with E-state index in [4.69, 9.17) is 0 Å². The number of halogens is 2. The molecule has 2 saturated carbocycles. The van der Waals surface area contributed by atoms with Crippen molar-refractivity contribution >= 4 is 38.6 Å². The van der Waals surface area contributed by atoms with Gasteiger partial charge < -0.3 is 9.08 Å². The summed E-state index contributed by atoms with van der Waals surface area (Å²) in [6.45, 7) is 0. The maximum absolute atomic E-state index is 11.8. The summed E-state index contributed by atoms with van der Waals surface area (Å²) >= 11 is 1.75. The minimum atomic E-state index is -4.90. The molecule has 0 atom stereocenters. The van der Waals surface area contributed by atoms with E-state index in [1.807, 2.05) is 0 Å². The summed E-state index contributed by atoms with van der Waals surface area (Å²) in [6, 6.07) is 17.4. The van der Waals surface area contributed by atoms with E-state index < -0.39 is 18.4 Å². The van der Waals surface area contributed by atoms with Crippen LogP contribution in [0.3, 0.4) is 0 Å². The van der Waals surface area contributed by atoms with Crippen LogP contribution >= 0.6 is 17.1 Å². The van der Waals surface area contributed by atoms with Crippen LogP contribution in [0, 0.1) is 6.07 Å². The molecule has 0 saturated heterocycles. The Labute approximate surface area is 228 Å². The molecule has 2 aliphatic rings. The summed E-state index contributed by atoms with van der Waals surface area (Å²) in [5, 5.41) is 1.75. The van der Waals surface area contributed by atoms with Gasteiger partial charge in [-0.15, -0.1) is 12.1 Å². The molecule has 0 radical (unpaired) electrons. The molecule has 0 unspecified atom stereocenters. The Morgan fingerprint density at radius 1 is 0.943 bits per heavy atom. The predicted octanol–water partition coefficient (Wildman–Crippen LogP) is 7.02. The van der Waals surface area contributed by atoms with E-state index in [-0.39, 0.29) is 5.75 Å². The Bertz CT molecular complexity index is 938. The fourth-order valence-corrected chi connectivity index (χ4v) is 10.1. The van der Waals surface area contributed by atoms with E-state index in [1.165, 1.54) is 94.2 Å². The Morgan fingerprint density at radius 3 is 1.94 bits per heavy atom. The molecular formula is C26H37AuClFNO3PS. The van der Waals surface area contributed by atoms with E-state index in [1.54, 1.807) is 25.3 Å². The summed E-state index contributed by atoms with van der Waals surface area (Å²) in [5.41, 5.74) is 3.57. The van der Waals surface area contributed by atoms with Gasteiger partial charge in [0.25, 0.3) is 0 Å². The van der Waals surface area contributed by atoms with Crippen molar-refractivity contribution < 1.29 is 36.5 Å². The first-order valence-corrected chi connectivity index (χ1v) is 17.8. The topological polar surface area (TPSA) is 46.6 Å². The number of rotatable bonds is 6. The van der Waals surface area contributed by atoms with E-state index in [2.05, 4.69) is 62.7 Å². The van der Waals surface area contributed by atoms with Crippen LogP contribution in [0.4, 0.5) is 9.57 Å². The average molecular weight is 726 g/mol. The quantitative estimate of drug-likeness (QED) is 0.139. The third-order valence-electron chi connectivity index (χ3n) is 6.66. The van der Waals surface area contributed by atoms with Gasteiger partial charge in [-0.2, -0.15) is 26.6 Å². The van der Waals surface area contributed by atoms with Crippen molar-refractivity contribution in [2.45, 2.75) is 75.5 Å². The molecule has 35 heavy (non-hydrogen) atoms. The van der Waals surface area contributed by atoms with Crippen molar-refractivity contribution in [3.8, 4) is 5.75 Å². The van der Waals surface area contributed by atoms with Crippen LogP contribution in [0.25, 0.3) is 0 Å². The number of para-hydroxylation sites is 1. The Morgan fingerprint density at radius 2 is 1.49 bits per heavy atom. The van der Waals surface area contributed by atoms with Crippen LogP contribution < -0.4 is 14.4 Å². The van der Waals surface area contributed by atoms with E-state index >= 15 is 0 Å². The number of hydrogen-bond acceptors (Lipinski definition) is 4. The monoisotopic (exact) mass is 725 g/mol. The van der Waals surface area contributed by atoms with Crippen molar-refractivity contribution in [3.05, 3.63) is 54.6 Å². The Hall–Kier alpha value is -0.620. The Kier molecular flexibility index (Phi) is 14.2. The molecule has 0 amide bonds. The van der Waals surface area contributed by atoms with Gasteiger partial charge in [-0.1, -0.05) is 28.9 Å². The van der Waals surface area contributed by atoms with E-state index in [0.29, 0.717) is 0 Å². The molecule has 2 fully saturated rings. The first-order chi connectivity index (χ1) is 16.8. The van der Waals surface area contributed by atoms with Crippen molar-refractivity contribution in [3.63, 3.8) is 0 Å². The molecule has 0 bridgehead atoms. The first kappa shape index (κ1) is 30.6. The zero-order chi connectivity index (χ0) is 25.7. The van der Waals surface area contributed by atoms with Crippen molar-refractivity contribution in [2.75, 3.05) is 19.0 Å². The van der Waals surface area contributed by atoms with Crippen molar-refractivity contribution in [1.82, 2.24) is 0 Å². The third kappa shape index (κ3) is 10.7. The van der Waals surface area contributed by atoms with Crippen LogP contribution in [-0.2, 0) is 30.5 Å². The first-order valence-electron chi connectivity index (χ1n) is 12.2. The van der Waals surface area contributed by atoms with Gasteiger partial charge >= 0.3 is 39.7 Å².